The predicted molar refractivity (Wildman–Crippen MR) is 141 cm³/mol. The van der Waals surface area contributed by atoms with Crippen LogP contribution < -0.4 is 21.5 Å². The maximum absolute atomic E-state index is 13.1. The molecule has 0 bridgehead atoms. The predicted octanol–water partition coefficient (Wildman–Crippen LogP) is 1.38. The fourth-order valence-electron chi connectivity index (χ4n) is 3.61. The van der Waals surface area contributed by atoms with E-state index >= 15 is 0 Å². The topological polar surface area (TPSA) is 153 Å². The zero-order valence-electron chi connectivity index (χ0n) is 22.2. The molecule has 2 heterocycles. The van der Waals surface area contributed by atoms with Crippen molar-refractivity contribution in [3.63, 3.8) is 0 Å². The number of carbonyl (C=O) groups is 4. The second-order valence-electron chi connectivity index (χ2n) is 8.72. The Morgan fingerprint density at radius 3 is 2.53 bits per heavy atom. The van der Waals surface area contributed by atoms with Crippen molar-refractivity contribution in [1.29, 1.82) is 0 Å². The van der Waals surface area contributed by atoms with E-state index in [4.69, 9.17) is 0 Å². The third-order valence-corrected chi connectivity index (χ3v) is 6.06. The van der Waals surface area contributed by atoms with Crippen molar-refractivity contribution < 1.29 is 23.9 Å². The molecule has 3 N–H and O–H groups in total. The van der Waals surface area contributed by atoms with Crippen molar-refractivity contribution >= 4 is 29.4 Å². The van der Waals surface area contributed by atoms with E-state index in [1.807, 2.05) is 0 Å². The summed E-state index contributed by atoms with van der Waals surface area (Å²) in [6.07, 6.45) is 9.54. The molecule has 2 rings (SSSR count). The minimum Gasteiger partial charge on any atom is -0.466 e. The number of aryl methyl sites for hydroxylation is 1. The Kier molecular flexibility index (Phi) is 11.9. The van der Waals surface area contributed by atoms with Gasteiger partial charge in [-0.15, -0.1) is 0 Å². The molecular formula is C26H36N6O6. The fourth-order valence-corrected chi connectivity index (χ4v) is 3.61. The number of pyridine rings is 1. The number of rotatable bonds is 14. The molecule has 12 heteroatoms. The van der Waals surface area contributed by atoms with E-state index < -0.39 is 29.4 Å². The largest absolute Gasteiger partial charge is 0.466 e. The minimum absolute atomic E-state index is 0.0355. The number of ether oxygens (including phenoxy) is 1. The van der Waals surface area contributed by atoms with E-state index in [1.165, 1.54) is 46.9 Å². The number of allylic oxidation sites excluding steroid dienone is 1. The number of aromatic nitrogens is 3. The van der Waals surface area contributed by atoms with Gasteiger partial charge >= 0.3 is 5.97 Å². The van der Waals surface area contributed by atoms with E-state index in [2.05, 4.69) is 39.5 Å². The summed E-state index contributed by atoms with van der Waals surface area (Å²) >= 11 is 0. The molecule has 1 atom stereocenters. The van der Waals surface area contributed by atoms with Gasteiger partial charge in [0.1, 0.15) is 18.3 Å². The minimum atomic E-state index is -1.04. The molecule has 0 aliphatic heterocycles. The third kappa shape index (κ3) is 9.02. The number of anilines is 1. The molecule has 0 fully saturated rings. The first-order valence-electron chi connectivity index (χ1n) is 12.5. The fraction of sp³-hybridized carbons (Fsp3) is 0.462. The number of esters is 1. The van der Waals surface area contributed by atoms with Gasteiger partial charge in [-0.2, -0.15) is 0 Å². The smallest absolute Gasteiger partial charge is 0.330 e. The van der Waals surface area contributed by atoms with Gasteiger partial charge in [0.15, 0.2) is 5.82 Å². The molecule has 2 aromatic heterocycles. The second kappa shape index (κ2) is 15.1. The van der Waals surface area contributed by atoms with Crippen molar-refractivity contribution in [2.45, 2.75) is 52.1 Å². The number of methoxy groups -OCH3 is 1. The summed E-state index contributed by atoms with van der Waals surface area (Å²) in [6.45, 7) is 4.44. The Bertz CT molecular complexity index is 1200. The maximum Gasteiger partial charge on any atom is 0.330 e. The van der Waals surface area contributed by atoms with E-state index in [9.17, 15) is 24.0 Å². The average Bonchev–Trinajstić information content (AvgIpc) is 3.34. The molecule has 0 unspecified atom stereocenters. The highest BCUT2D eigenvalue weighted by molar-refractivity contribution is 5.99. The maximum atomic E-state index is 13.1. The van der Waals surface area contributed by atoms with Crippen LogP contribution in [0.4, 0.5) is 5.69 Å². The number of carbonyl (C=O) groups excluding carboxylic acids is 4. The molecule has 0 saturated carbocycles. The van der Waals surface area contributed by atoms with Crippen molar-refractivity contribution in [2.24, 2.45) is 13.0 Å². The van der Waals surface area contributed by atoms with Gasteiger partial charge in [0.2, 0.25) is 11.8 Å². The van der Waals surface area contributed by atoms with Gasteiger partial charge in [-0.1, -0.05) is 32.8 Å². The standard InChI is InChI=1S/C26H36N6O6/c1-5-18(6-2)16-28-21(33)17-32-14-9-11-20(26(32)37)30-24(35)19(10-7-8-12-22(34)38-4)29-25(36)23-27-13-15-31(23)3/h8-9,11-15,18-19H,5-7,10,16-17H2,1-4H3,(H,28,33)(H,29,36)(H,30,35)/b12-8+/t19-/m0/s1. The van der Waals surface area contributed by atoms with Gasteiger partial charge in [-0.3, -0.25) is 19.2 Å². The van der Waals surface area contributed by atoms with E-state index in [1.54, 1.807) is 19.3 Å². The molecule has 0 aromatic carbocycles. The van der Waals surface area contributed by atoms with Crippen molar-refractivity contribution in [2.75, 3.05) is 19.0 Å². The first kappa shape index (κ1) is 30.0. The van der Waals surface area contributed by atoms with Crippen LogP contribution in [0.3, 0.4) is 0 Å². The highest BCUT2D eigenvalue weighted by Crippen LogP contribution is 2.07. The number of imidazole rings is 1. The zero-order chi connectivity index (χ0) is 28.1. The van der Waals surface area contributed by atoms with Crippen molar-refractivity contribution in [3.05, 3.63) is 59.1 Å². The van der Waals surface area contributed by atoms with Crippen LogP contribution in [0.15, 0.2) is 47.7 Å². The average molecular weight is 529 g/mol. The van der Waals surface area contributed by atoms with Crippen LogP contribution in [0.5, 0.6) is 0 Å². The van der Waals surface area contributed by atoms with Crippen LogP contribution in [0.25, 0.3) is 0 Å². The van der Waals surface area contributed by atoms with Crippen LogP contribution in [0.1, 0.15) is 50.1 Å². The monoisotopic (exact) mass is 528 g/mol. The molecule has 0 aliphatic rings. The lowest BCUT2D eigenvalue weighted by molar-refractivity contribution is -0.134. The lowest BCUT2D eigenvalue weighted by atomic mass is 10.0. The summed E-state index contributed by atoms with van der Waals surface area (Å²) in [5.74, 6) is -1.59. The third-order valence-electron chi connectivity index (χ3n) is 6.06. The molecule has 206 valence electrons. The molecule has 2 aromatic rings. The summed E-state index contributed by atoms with van der Waals surface area (Å²) in [5.41, 5.74) is -0.593. The molecule has 0 spiro atoms. The lowest BCUT2D eigenvalue weighted by Crippen LogP contribution is -2.45. The van der Waals surface area contributed by atoms with Crippen molar-refractivity contribution in [1.82, 2.24) is 24.8 Å². The Labute approximate surface area is 221 Å². The molecular weight excluding hydrogens is 492 g/mol. The zero-order valence-corrected chi connectivity index (χ0v) is 22.2. The summed E-state index contributed by atoms with van der Waals surface area (Å²) in [7, 11) is 2.89. The number of amides is 3. The Morgan fingerprint density at radius 2 is 1.89 bits per heavy atom. The van der Waals surface area contributed by atoms with Gasteiger partial charge in [0, 0.05) is 38.3 Å². The quantitative estimate of drug-likeness (QED) is 0.247. The summed E-state index contributed by atoms with van der Waals surface area (Å²) < 4.78 is 7.26. The number of nitrogens with one attached hydrogen (secondary N) is 3. The molecule has 0 radical (unpaired) electrons. The van der Waals surface area contributed by atoms with Crippen LogP contribution in [-0.4, -0.2) is 57.5 Å². The van der Waals surface area contributed by atoms with Crippen LogP contribution >= 0.6 is 0 Å². The van der Waals surface area contributed by atoms with Gasteiger partial charge in [0.25, 0.3) is 11.5 Å². The van der Waals surface area contributed by atoms with Gasteiger partial charge in [0.05, 0.1) is 7.11 Å². The SMILES string of the molecule is CCC(CC)CNC(=O)Cn1cccc(NC(=O)[C@H](CC/C=C/C(=O)OC)NC(=O)c2nccn2C)c1=O. The molecule has 12 nitrogen and oxygen atoms in total. The van der Waals surface area contributed by atoms with Gasteiger partial charge in [-0.05, 0) is 30.9 Å². The Balaban J connectivity index is 2.13. The van der Waals surface area contributed by atoms with Gasteiger partial charge < -0.3 is 29.8 Å². The summed E-state index contributed by atoms with van der Waals surface area (Å²) in [4.78, 5) is 66.4. The highest BCUT2D eigenvalue weighted by Gasteiger charge is 2.24. The van der Waals surface area contributed by atoms with Crippen LogP contribution in [0.2, 0.25) is 0 Å². The molecule has 0 aliphatic carbocycles. The Morgan fingerprint density at radius 1 is 1.16 bits per heavy atom. The summed E-state index contributed by atoms with van der Waals surface area (Å²) in [6, 6.07) is 1.93. The lowest BCUT2D eigenvalue weighted by Gasteiger charge is -2.18. The Hall–Kier alpha value is -4.22. The van der Waals surface area contributed by atoms with E-state index in [-0.39, 0.29) is 36.8 Å². The van der Waals surface area contributed by atoms with Crippen LogP contribution in [-0.2, 0) is 32.7 Å². The number of hydrogen-bond acceptors (Lipinski definition) is 7. The molecule has 38 heavy (non-hydrogen) atoms. The number of hydrogen-bond donors (Lipinski definition) is 3. The first-order chi connectivity index (χ1) is 18.2. The van der Waals surface area contributed by atoms with Gasteiger partial charge in [-0.25, -0.2) is 9.78 Å². The highest BCUT2D eigenvalue weighted by atomic mass is 16.5. The van der Waals surface area contributed by atoms with Crippen molar-refractivity contribution in [3.8, 4) is 0 Å². The van der Waals surface area contributed by atoms with E-state index in [0.717, 1.165) is 12.8 Å². The molecule has 3 amide bonds. The second-order valence-corrected chi connectivity index (χ2v) is 8.72. The van der Waals surface area contributed by atoms with Crippen LogP contribution in [0, 0.1) is 5.92 Å². The molecule has 0 saturated heterocycles. The first-order valence-corrected chi connectivity index (χ1v) is 12.5. The summed E-state index contributed by atoms with van der Waals surface area (Å²) in [5, 5.41) is 8.02. The number of nitrogens with zero attached hydrogens (tertiary/aromatic N) is 3. The van der Waals surface area contributed by atoms with E-state index in [0.29, 0.717) is 12.5 Å². The normalized spacial score (nSPS) is 11.8.